The molecule has 1 saturated heterocycles. The standard InChI is InChI=1S/C14H20ClFN2/c1-9-7-18(8-10(2)17-9)11(3)13-5-4-12(16)6-14(13)15/h4-6,9-11,17H,7-8H2,1-3H3. The number of halogens is 2. The third-order valence-corrected chi connectivity index (χ3v) is 3.87. The normalized spacial score (nSPS) is 27.2. The van der Waals surface area contributed by atoms with Crippen LogP contribution in [-0.4, -0.2) is 30.1 Å². The van der Waals surface area contributed by atoms with Gasteiger partial charge in [-0.25, -0.2) is 4.39 Å². The average molecular weight is 271 g/mol. The highest BCUT2D eigenvalue weighted by Gasteiger charge is 2.26. The fourth-order valence-corrected chi connectivity index (χ4v) is 3.05. The summed E-state index contributed by atoms with van der Waals surface area (Å²) < 4.78 is 13.1. The molecule has 1 aliphatic heterocycles. The van der Waals surface area contributed by atoms with Crippen molar-refractivity contribution < 1.29 is 4.39 Å². The van der Waals surface area contributed by atoms with Gasteiger partial charge in [-0.2, -0.15) is 0 Å². The Bertz CT molecular complexity index is 414. The third-order valence-electron chi connectivity index (χ3n) is 3.55. The van der Waals surface area contributed by atoms with E-state index in [-0.39, 0.29) is 11.9 Å². The Kier molecular flexibility index (Phi) is 4.25. The summed E-state index contributed by atoms with van der Waals surface area (Å²) in [4.78, 5) is 2.39. The maximum atomic E-state index is 13.1. The first kappa shape index (κ1) is 13.8. The molecule has 1 aromatic rings. The molecule has 0 radical (unpaired) electrons. The molecule has 1 aromatic carbocycles. The average Bonchev–Trinajstić information content (AvgIpc) is 2.26. The van der Waals surface area contributed by atoms with Crippen molar-refractivity contribution in [1.29, 1.82) is 0 Å². The number of hydrogen-bond donors (Lipinski definition) is 1. The minimum atomic E-state index is -0.280. The van der Waals surface area contributed by atoms with Gasteiger partial charge in [0, 0.05) is 36.2 Å². The van der Waals surface area contributed by atoms with Crippen molar-refractivity contribution in [3.05, 3.63) is 34.6 Å². The predicted molar refractivity (Wildman–Crippen MR) is 73.5 cm³/mol. The first-order chi connectivity index (χ1) is 8.47. The topological polar surface area (TPSA) is 15.3 Å². The van der Waals surface area contributed by atoms with Crippen LogP contribution < -0.4 is 5.32 Å². The van der Waals surface area contributed by atoms with Crippen molar-refractivity contribution in [3.63, 3.8) is 0 Å². The first-order valence-corrected chi connectivity index (χ1v) is 6.80. The Balaban J connectivity index is 2.17. The van der Waals surface area contributed by atoms with Gasteiger partial charge in [-0.05, 0) is 38.5 Å². The minimum Gasteiger partial charge on any atom is -0.309 e. The molecule has 0 saturated carbocycles. The van der Waals surface area contributed by atoms with Crippen LogP contribution in [0.15, 0.2) is 18.2 Å². The maximum Gasteiger partial charge on any atom is 0.124 e. The number of hydrogen-bond acceptors (Lipinski definition) is 2. The summed E-state index contributed by atoms with van der Waals surface area (Å²) in [6, 6.07) is 5.81. The van der Waals surface area contributed by atoms with Crippen molar-refractivity contribution in [2.75, 3.05) is 13.1 Å². The van der Waals surface area contributed by atoms with E-state index in [9.17, 15) is 4.39 Å². The molecule has 0 aliphatic carbocycles. The van der Waals surface area contributed by atoms with Gasteiger partial charge in [-0.1, -0.05) is 17.7 Å². The van der Waals surface area contributed by atoms with Gasteiger partial charge < -0.3 is 5.32 Å². The number of nitrogens with one attached hydrogen (secondary N) is 1. The SMILES string of the molecule is CC1CN(C(C)c2ccc(F)cc2Cl)CC(C)N1. The maximum absolute atomic E-state index is 13.1. The largest absolute Gasteiger partial charge is 0.309 e. The van der Waals surface area contributed by atoms with Gasteiger partial charge in [-0.3, -0.25) is 4.90 Å². The highest BCUT2D eigenvalue weighted by molar-refractivity contribution is 6.31. The second-order valence-corrected chi connectivity index (χ2v) is 5.67. The molecule has 1 N–H and O–H groups in total. The lowest BCUT2D eigenvalue weighted by Crippen LogP contribution is -2.54. The molecule has 3 unspecified atom stereocenters. The van der Waals surface area contributed by atoms with Crippen LogP contribution in [0.4, 0.5) is 4.39 Å². The number of benzene rings is 1. The van der Waals surface area contributed by atoms with Crippen LogP contribution in [0, 0.1) is 5.82 Å². The lowest BCUT2D eigenvalue weighted by molar-refractivity contribution is 0.131. The molecule has 4 heteroatoms. The highest BCUT2D eigenvalue weighted by atomic mass is 35.5. The molecule has 0 spiro atoms. The summed E-state index contributed by atoms with van der Waals surface area (Å²) in [6.07, 6.45) is 0. The molecule has 18 heavy (non-hydrogen) atoms. The van der Waals surface area contributed by atoms with Crippen molar-refractivity contribution in [2.24, 2.45) is 0 Å². The predicted octanol–water partition coefficient (Wildman–Crippen LogP) is 3.22. The number of nitrogens with zero attached hydrogens (tertiary/aromatic N) is 1. The van der Waals surface area contributed by atoms with Gasteiger partial charge in [0.05, 0.1) is 0 Å². The van der Waals surface area contributed by atoms with E-state index in [1.54, 1.807) is 6.07 Å². The van der Waals surface area contributed by atoms with E-state index in [4.69, 9.17) is 11.6 Å². The smallest absolute Gasteiger partial charge is 0.124 e. The second kappa shape index (κ2) is 5.55. The van der Waals surface area contributed by atoms with E-state index >= 15 is 0 Å². The Morgan fingerprint density at radius 1 is 1.33 bits per heavy atom. The van der Waals surface area contributed by atoms with E-state index in [0.717, 1.165) is 18.7 Å². The van der Waals surface area contributed by atoms with Gasteiger partial charge in [0.15, 0.2) is 0 Å². The van der Waals surface area contributed by atoms with E-state index in [1.165, 1.54) is 12.1 Å². The summed E-state index contributed by atoms with van der Waals surface area (Å²) in [7, 11) is 0. The molecule has 0 bridgehead atoms. The van der Waals surface area contributed by atoms with Crippen molar-refractivity contribution in [3.8, 4) is 0 Å². The quantitative estimate of drug-likeness (QED) is 0.888. The molecular weight excluding hydrogens is 251 g/mol. The van der Waals surface area contributed by atoms with Crippen LogP contribution in [0.5, 0.6) is 0 Å². The van der Waals surface area contributed by atoms with Crippen LogP contribution in [0.3, 0.4) is 0 Å². The van der Waals surface area contributed by atoms with Gasteiger partial charge in [0.2, 0.25) is 0 Å². The van der Waals surface area contributed by atoms with Gasteiger partial charge in [0.1, 0.15) is 5.82 Å². The van der Waals surface area contributed by atoms with Crippen LogP contribution in [0.1, 0.15) is 32.4 Å². The highest BCUT2D eigenvalue weighted by Crippen LogP contribution is 2.29. The second-order valence-electron chi connectivity index (χ2n) is 5.26. The summed E-state index contributed by atoms with van der Waals surface area (Å²) in [5, 5.41) is 4.02. The van der Waals surface area contributed by atoms with E-state index in [1.807, 2.05) is 0 Å². The number of rotatable bonds is 2. The Hall–Kier alpha value is -0.640. The molecule has 0 aromatic heterocycles. The van der Waals surface area contributed by atoms with E-state index < -0.39 is 0 Å². The van der Waals surface area contributed by atoms with Gasteiger partial charge in [0.25, 0.3) is 0 Å². The molecule has 100 valence electrons. The number of piperazine rings is 1. The molecular formula is C14H20ClFN2. The molecule has 1 heterocycles. The van der Waals surface area contributed by atoms with E-state index in [2.05, 4.69) is 31.0 Å². The lowest BCUT2D eigenvalue weighted by atomic mass is 10.0. The molecule has 2 rings (SSSR count). The van der Waals surface area contributed by atoms with Crippen LogP contribution in [-0.2, 0) is 0 Å². The van der Waals surface area contributed by atoms with Crippen LogP contribution >= 0.6 is 11.6 Å². The lowest BCUT2D eigenvalue weighted by Gasteiger charge is -2.40. The zero-order valence-electron chi connectivity index (χ0n) is 11.1. The van der Waals surface area contributed by atoms with E-state index in [0.29, 0.717) is 17.1 Å². The van der Waals surface area contributed by atoms with Crippen molar-refractivity contribution >= 4 is 11.6 Å². The summed E-state index contributed by atoms with van der Waals surface area (Å²) in [6.45, 7) is 8.46. The summed E-state index contributed by atoms with van der Waals surface area (Å²) in [5.74, 6) is -0.280. The van der Waals surface area contributed by atoms with Gasteiger partial charge in [-0.15, -0.1) is 0 Å². The Morgan fingerprint density at radius 2 is 1.94 bits per heavy atom. The van der Waals surface area contributed by atoms with Crippen LogP contribution in [0.25, 0.3) is 0 Å². The molecule has 1 fully saturated rings. The van der Waals surface area contributed by atoms with Crippen LogP contribution in [0.2, 0.25) is 5.02 Å². The Morgan fingerprint density at radius 3 is 2.50 bits per heavy atom. The van der Waals surface area contributed by atoms with Crippen molar-refractivity contribution in [2.45, 2.75) is 38.9 Å². The third kappa shape index (κ3) is 3.02. The minimum absolute atomic E-state index is 0.213. The molecule has 2 nitrogen and oxygen atoms in total. The Labute approximate surface area is 113 Å². The van der Waals surface area contributed by atoms with Gasteiger partial charge >= 0.3 is 0 Å². The molecule has 1 aliphatic rings. The monoisotopic (exact) mass is 270 g/mol. The summed E-state index contributed by atoms with van der Waals surface area (Å²) in [5.41, 5.74) is 0.999. The van der Waals surface area contributed by atoms with Crippen molar-refractivity contribution in [1.82, 2.24) is 10.2 Å². The molecule has 0 amide bonds. The first-order valence-electron chi connectivity index (χ1n) is 6.42. The fraction of sp³-hybridized carbons (Fsp3) is 0.571. The zero-order chi connectivity index (χ0) is 13.3. The zero-order valence-corrected chi connectivity index (χ0v) is 11.8. The summed E-state index contributed by atoms with van der Waals surface area (Å²) >= 11 is 6.13. The fourth-order valence-electron chi connectivity index (χ4n) is 2.72. The molecule has 3 atom stereocenters.